The summed E-state index contributed by atoms with van der Waals surface area (Å²) in [6.07, 6.45) is 3.64. The number of aromatic nitrogens is 3. The number of carbonyl (C=O) groups is 1. The van der Waals surface area contributed by atoms with Crippen molar-refractivity contribution in [3.63, 3.8) is 0 Å². The number of nitrogens with one attached hydrogen (secondary N) is 1. The number of thiazole rings is 1. The van der Waals surface area contributed by atoms with Crippen molar-refractivity contribution in [2.45, 2.75) is 19.5 Å². The molecule has 0 aromatic carbocycles. The molecule has 0 spiro atoms. The molecule has 1 aliphatic rings. The third-order valence-electron chi connectivity index (χ3n) is 4.33. The number of piperazine rings is 1. The van der Waals surface area contributed by atoms with Crippen LogP contribution in [0.25, 0.3) is 0 Å². The van der Waals surface area contributed by atoms with Crippen LogP contribution in [-0.4, -0.2) is 63.7 Å². The molecule has 1 amide bonds. The lowest BCUT2D eigenvalue weighted by Gasteiger charge is -2.36. The molecule has 3 rings (SSSR count). The van der Waals surface area contributed by atoms with Gasteiger partial charge < -0.3 is 10.2 Å². The highest BCUT2D eigenvalue weighted by Gasteiger charge is 2.28. The first-order valence-corrected chi connectivity index (χ1v) is 9.02. The predicted molar refractivity (Wildman–Crippen MR) is 93.7 cm³/mol. The molecule has 130 valence electrons. The molecule has 1 fully saturated rings. The van der Waals surface area contributed by atoms with E-state index in [-0.39, 0.29) is 11.9 Å². The average Bonchev–Trinajstić information content (AvgIpc) is 3.17. The van der Waals surface area contributed by atoms with Crippen molar-refractivity contribution >= 4 is 17.2 Å². The van der Waals surface area contributed by atoms with Crippen LogP contribution in [0.15, 0.2) is 17.8 Å². The van der Waals surface area contributed by atoms with Gasteiger partial charge in [-0.3, -0.25) is 14.4 Å². The highest BCUT2D eigenvalue weighted by atomic mass is 32.1. The second kappa shape index (κ2) is 7.42. The van der Waals surface area contributed by atoms with Crippen LogP contribution in [-0.2, 0) is 18.4 Å². The topological polar surface area (TPSA) is 66.3 Å². The molecule has 0 saturated carbocycles. The van der Waals surface area contributed by atoms with Gasteiger partial charge >= 0.3 is 0 Å². The molecule has 1 atom stereocenters. The Labute approximate surface area is 146 Å². The molecular formula is C16H24N6OS. The summed E-state index contributed by atoms with van der Waals surface area (Å²) in [6.45, 7) is 6.16. The molecule has 1 unspecified atom stereocenters. The fraction of sp³-hybridized carbons (Fsp3) is 0.562. The summed E-state index contributed by atoms with van der Waals surface area (Å²) in [4.78, 5) is 21.6. The van der Waals surface area contributed by atoms with Gasteiger partial charge in [-0.05, 0) is 14.0 Å². The number of amides is 1. The lowest BCUT2D eigenvalue weighted by molar-refractivity contribution is -0.135. The van der Waals surface area contributed by atoms with Crippen molar-refractivity contribution < 1.29 is 4.79 Å². The largest absolute Gasteiger partial charge is 0.338 e. The van der Waals surface area contributed by atoms with E-state index in [1.807, 2.05) is 32.1 Å². The van der Waals surface area contributed by atoms with Crippen LogP contribution in [0.3, 0.4) is 0 Å². The van der Waals surface area contributed by atoms with E-state index in [0.29, 0.717) is 0 Å². The monoisotopic (exact) mass is 348 g/mol. The Morgan fingerprint density at radius 3 is 2.67 bits per heavy atom. The molecule has 2 aromatic rings. The smallest absolute Gasteiger partial charge is 0.244 e. The van der Waals surface area contributed by atoms with Gasteiger partial charge in [0.05, 0.1) is 16.9 Å². The molecule has 8 heteroatoms. The van der Waals surface area contributed by atoms with Gasteiger partial charge in [-0.15, -0.1) is 11.3 Å². The zero-order valence-corrected chi connectivity index (χ0v) is 15.2. The number of likely N-dealkylation sites (N-methyl/N-ethyl adjacent to an activating group) is 1. The molecule has 7 nitrogen and oxygen atoms in total. The number of hydrogen-bond acceptors (Lipinski definition) is 6. The van der Waals surface area contributed by atoms with E-state index in [2.05, 4.69) is 25.7 Å². The molecule has 1 saturated heterocycles. The first kappa shape index (κ1) is 17.1. The van der Waals surface area contributed by atoms with Gasteiger partial charge in [0.1, 0.15) is 6.04 Å². The Morgan fingerprint density at radius 2 is 2.12 bits per heavy atom. The lowest BCUT2D eigenvalue weighted by atomic mass is 10.1. The maximum absolute atomic E-state index is 12.8. The Balaban J connectivity index is 1.56. The minimum Gasteiger partial charge on any atom is -0.338 e. The Kier molecular flexibility index (Phi) is 5.27. The number of nitrogens with zero attached hydrogens (tertiary/aromatic N) is 5. The van der Waals surface area contributed by atoms with E-state index in [9.17, 15) is 4.79 Å². The first-order valence-electron chi connectivity index (χ1n) is 8.15. The zero-order valence-electron chi connectivity index (χ0n) is 14.4. The summed E-state index contributed by atoms with van der Waals surface area (Å²) >= 11 is 1.69. The number of rotatable bonds is 5. The fourth-order valence-electron chi connectivity index (χ4n) is 3.04. The van der Waals surface area contributed by atoms with Gasteiger partial charge in [-0.1, -0.05) is 0 Å². The number of hydrogen-bond donors (Lipinski definition) is 1. The van der Waals surface area contributed by atoms with E-state index in [1.54, 1.807) is 22.2 Å². The SMILES string of the molecule is CNC(C(=O)N1CCN(Cc2csc(C)n2)CC1)c1cnn(C)c1. The summed E-state index contributed by atoms with van der Waals surface area (Å²) in [5.41, 5.74) is 2.03. The molecule has 0 radical (unpaired) electrons. The summed E-state index contributed by atoms with van der Waals surface area (Å²) in [5.74, 6) is 0.120. The average molecular weight is 348 g/mol. The second-order valence-corrected chi connectivity index (χ2v) is 7.19. The van der Waals surface area contributed by atoms with Gasteiger partial charge in [-0.25, -0.2) is 4.98 Å². The molecule has 1 aliphatic heterocycles. The minimum atomic E-state index is -0.327. The molecular weight excluding hydrogens is 324 g/mol. The van der Waals surface area contributed by atoms with E-state index in [1.165, 1.54) is 0 Å². The number of aryl methyl sites for hydroxylation is 2. The van der Waals surface area contributed by atoms with Crippen molar-refractivity contribution in [1.82, 2.24) is 29.9 Å². The molecule has 2 aromatic heterocycles. The predicted octanol–water partition coefficient (Wildman–Crippen LogP) is 0.790. The van der Waals surface area contributed by atoms with Gasteiger partial charge in [-0.2, -0.15) is 5.10 Å². The molecule has 1 N–H and O–H groups in total. The third-order valence-corrected chi connectivity index (χ3v) is 5.15. The third kappa shape index (κ3) is 3.82. The fourth-order valence-corrected chi connectivity index (χ4v) is 3.64. The van der Waals surface area contributed by atoms with Gasteiger partial charge in [0.25, 0.3) is 0 Å². The maximum Gasteiger partial charge on any atom is 0.244 e. The maximum atomic E-state index is 12.8. The summed E-state index contributed by atoms with van der Waals surface area (Å²) < 4.78 is 1.72. The van der Waals surface area contributed by atoms with E-state index in [0.717, 1.165) is 49.0 Å². The quantitative estimate of drug-likeness (QED) is 0.865. The van der Waals surface area contributed by atoms with Crippen LogP contribution in [0.4, 0.5) is 0 Å². The van der Waals surface area contributed by atoms with Crippen molar-refractivity contribution in [2.24, 2.45) is 7.05 Å². The van der Waals surface area contributed by atoms with Crippen LogP contribution in [0.1, 0.15) is 22.3 Å². The van der Waals surface area contributed by atoms with Crippen molar-refractivity contribution in [3.05, 3.63) is 34.0 Å². The minimum absolute atomic E-state index is 0.120. The van der Waals surface area contributed by atoms with Crippen LogP contribution < -0.4 is 5.32 Å². The van der Waals surface area contributed by atoms with Crippen LogP contribution in [0.2, 0.25) is 0 Å². The highest BCUT2D eigenvalue weighted by Crippen LogP contribution is 2.17. The Hall–Kier alpha value is -1.77. The summed E-state index contributed by atoms with van der Waals surface area (Å²) in [5, 5.41) is 10.5. The Morgan fingerprint density at radius 1 is 1.38 bits per heavy atom. The highest BCUT2D eigenvalue weighted by molar-refractivity contribution is 7.09. The van der Waals surface area contributed by atoms with E-state index in [4.69, 9.17) is 0 Å². The van der Waals surface area contributed by atoms with Gasteiger partial charge in [0.2, 0.25) is 5.91 Å². The summed E-state index contributed by atoms with van der Waals surface area (Å²) in [6, 6.07) is -0.327. The van der Waals surface area contributed by atoms with Crippen molar-refractivity contribution in [3.8, 4) is 0 Å². The normalized spacial score (nSPS) is 17.2. The molecule has 0 aliphatic carbocycles. The van der Waals surface area contributed by atoms with Crippen LogP contribution in [0, 0.1) is 6.92 Å². The lowest BCUT2D eigenvalue weighted by Crippen LogP contribution is -2.51. The molecule has 3 heterocycles. The van der Waals surface area contributed by atoms with Crippen LogP contribution in [0.5, 0.6) is 0 Å². The van der Waals surface area contributed by atoms with Gasteiger partial charge in [0.15, 0.2) is 0 Å². The second-order valence-electron chi connectivity index (χ2n) is 6.13. The zero-order chi connectivity index (χ0) is 17.1. The van der Waals surface area contributed by atoms with Gasteiger partial charge in [0, 0.05) is 56.9 Å². The first-order chi connectivity index (χ1) is 11.6. The van der Waals surface area contributed by atoms with Crippen molar-refractivity contribution in [2.75, 3.05) is 33.2 Å². The van der Waals surface area contributed by atoms with E-state index < -0.39 is 0 Å². The van der Waals surface area contributed by atoms with Crippen molar-refractivity contribution in [1.29, 1.82) is 0 Å². The van der Waals surface area contributed by atoms with Crippen LogP contribution >= 0.6 is 11.3 Å². The standard InChI is InChI=1S/C16H24N6OS/c1-12-19-14(11-24-12)10-21-4-6-22(7-5-21)16(23)15(17-2)13-8-18-20(3)9-13/h8-9,11,15,17H,4-7,10H2,1-3H3. The molecule has 0 bridgehead atoms. The Bertz CT molecular complexity index is 688. The molecule has 24 heavy (non-hydrogen) atoms. The van der Waals surface area contributed by atoms with E-state index >= 15 is 0 Å². The summed E-state index contributed by atoms with van der Waals surface area (Å²) in [7, 11) is 3.68. The number of carbonyl (C=O) groups excluding carboxylic acids is 1.